The molecule has 1 aromatic carbocycles. The Hall–Kier alpha value is -2.64. The number of imidazole rings is 1. The highest BCUT2D eigenvalue weighted by molar-refractivity contribution is 5.92. The van der Waals surface area contributed by atoms with Gasteiger partial charge >= 0.3 is 6.61 Å². The molecule has 1 aromatic heterocycles. The van der Waals surface area contributed by atoms with Crippen LogP contribution in [0.25, 0.3) is 0 Å². The Balaban J connectivity index is 1.59. The van der Waals surface area contributed by atoms with Crippen LogP contribution in [0.5, 0.6) is 5.75 Å². The number of hydrogen-bond donors (Lipinski definition) is 2. The molecule has 0 radical (unpaired) electrons. The Morgan fingerprint density at radius 3 is 2.83 bits per heavy atom. The van der Waals surface area contributed by atoms with Gasteiger partial charge in [-0.05, 0) is 37.1 Å². The fourth-order valence-electron chi connectivity index (χ4n) is 2.81. The average molecular weight is 336 g/mol. The highest BCUT2D eigenvalue weighted by atomic mass is 19.3. The minimum absolute atomic E-state index is 0.0199. The van der Waals surface area contributed by atoms with Crippen molar-refractivity contribution in [3.63, 3.8) is 0 Å². The van der Waals surface area contributed by atoms with Gasteiger partial charge in [-0.1, -0.05) is 0 Å². The van der Waals surface area contributed by atoms with E-state index in [-0.39, 0.29) is 17.7 Å². The fraction of sp³-hybridized carbons (Fsp3) is 0.375. The minimum atomic E-state index is -2.83. The number of ether oxygens (including phenoxy) is 1. The molecule has 128 valence electrons. The quantitative estimate of drug-likeness (QED) is 0.880. The van der Waals surface area contributed by atoms with Crippen molar-refractivity contribution < 1.29 is 18.3 Å². The molecule has 8 heteroatoms. The third-order valence-electron chi connectivity index (χ3n) is 3.93. The lowest BCUT2D eigenvalue weighted by Gasteiger charge is -2.34. The first-order valence-electron chi connectivity index (χ1n) is 7.71. The molecule has 6 nitrogen and oxygen atoms in total. The number of aromatic nitrogens is 2. The number of benzene rings is 1. The van der Waals surface area contributed by atoms with Gasteiger partial charge in [-0.2, -0.15) is 8.78 Å². The highest BCUT2D eigenvalue weighted by Crippen LogP contribution is 2.24. The number of halogens is 2. The summed E-state index contributed by atoms with van der Waals surface area (Å²) in [6, 6.07) is 6.56. The molecule has 24 heavy (non-hydrogen) atoms. The molecule has 2 heterocycles. The molecule has 0 unspecified atom stereocenters. The predicted molar refractivity (Wildman–Crippen MR) is 84.4 cm³/mol. The van der Waals surface area contributed by atoms with Gasteiger partial charge < -0.3 is 19.9 Å². The van der Waals surface area contributed by atoms with Gasteiger partial charge in [0.05, 0.1) is 12.5 Å². The van der Waals surface area contributed by atoms with Crippen molar-refractivity contribution in [2.45, 2.75) is 25.5 Å². The van der Waals surface area contributed by atoms with Crippen LogP contribution in [-0.4, -0.2) is 41.6 Å². The first-order valence-corrected chi connectivity index (χ1v) is 7.71. The molecule has 0 spiro atoms. The summed E-state index contributed by atoms with van der Waals surface area (Å²) in [5, 5.41) is 2.98. The molecule has 0 aliphatic carbocycles. The molecule has 2 aromatic rings. The summed E-state index contributed by atoms with van der Waals surface area (Å²) < 4.78 is 28.7. The number of nitrogens with zero attached hydrogens (tertiary/aromatic N) is 2. The lowest BCUT2D eigenvalue weighted by molar-refractivity contribution is -0.0498. The molecule has 1 aliphatic heterocycles. The molecule has 1 saturated heterocycles. The fourth-order valence-corrected chi connectivity index (χ4v) is 2.81. The molecular formula is C16H18F2N4O2. The van der Waals surface area contributed by atoms with Crippen LogP contribution in [0, 0.1) is 0 Å². The number of aromatic amines is 1. The van der Waals surface area contributed by atoms with E-state index in [0.717, 1.165) is 25.1 Å². The third-order valence-corrected chi connectivity index (χ3v) is 3.93. The van der Waals surface area contributed by atoms with Gasteiger partial charge in [0.1, 0.15) is 11.4 Å². The Kier molecular flexibility index (Phi) is 4.93. The molecule has 2 N–H and O–H groups in total. The van der Waals surface area contributed by atoms with Crippen LogP contribution >= 0.6 is 0 Å². The summed E-state index contributed by atoms with van der Waals surface area (Å²) in [6.07, 6.45) is 4.77. The number of carbonyl (C=O) groups is 1. The minimum Gasteiger partial charge on any atom is -0.435 e. The van der Waals surface area contributed by atoms with E-state index in [2.05, 4.69) is 24.9 Å². The van der Waals surface area contributed by atoms with Crippen molar-refractivity contribution in [3.05, 3.63) is 42.5 Å². The van der Waals surface area contributed by atoms with Crippen molar-refractivity contribution in [1.82, 2.24) is 15.3 Å². The van der Waals surface area contributed by atoms with Crippen LogP contribution in [-0.2, 0) is 0 Å². The van der Waals surface area contributed by atoms with Gasteiger partial charge in [0, 0.05) is 24.8 Å². The zero-order valence-corrected chi connectivity index (χ0v) is 12.9. The molecular weight excluding hydrogens is 318 g/mol. The molecule has 0 bridgehead atoms. The van der Waals surface area contributed by atoms with Crippen LogP contribution in [0.1, 0.15) is 23.3 Å². The van der Waals surface area contributed by atoms with Gasteiger partial charge in [0.2, 0.25) is 0 Å². The zero-order chi connectivity index (χ0) is 16.9. The summed E-state index contributed by atoms with van der Waals surface area (Å²) in [5.74, 6) is -0.0464. The van der Waals surface area contributed by atoms with E-state index >= 15 is 0 Å². The first-order chi connectivity index (χ1) is 11.6. The molecule has 1 aliphatic rings. The number of alkyl halides is 2. The number of rotatable bonds is 5. The van der Waals surface area contributed by atoms with Crippen LogP contribution < -0.4 is 15.0 Å². The maximum absolute atomic E-state index is 12.2. The lowest BCUT2D eigenvalue weighted by atomic mass is 10.0. The topological polar surface area (TPSA) is 70.2 Å². The Labute approximate surface area is 137 Å². The molecule has 1 fully saturated rings. The number of amides is 1. The summed E-state index contributed by atoms with van der Waals surface area (Å²) in [7, 11) is 0. The summed E-state index contributed by atoms with van der Waals surface area (Å²) >= 11 is 0. The largest absolute Gasteiger partial charge is 0.435 e. The second-order valence-electron chi connectivity index (χ2n) is 5.60. The summed E-state index contributed by atoms with van der Waals surface area (Å²) in [5.41, 5.74) is 1.35. The maximum atomic E-state index is 12.2. The SMILES string of the molecule is O=C(N[C@@H]1CCCN(c2ccc(OC(F)F)cc2)C1)c1cnc[nH]1. The van der Waals surface area contributed by atoms with Crippen molar-refractivity contribution in [2.24, 2.45) is 0 Å². The molecule has 0 saturated carbocycles. The van der Waals surface area contributed by atoms with Crippen molar-refractivity contribution >= 4 is 11.6 Å². The van der Waals surface area contributed by atoms with Gasteiger partial charge in [0.15, 0.2) is 0 Å². The standard InChI is InChI=1S/C16H18F2N4O2/c17-16(18)24-13-5-3-12(4-6-13)22-7-1-2-11(9-22)21-15(23)14-8-19-10-20-14/h3-6,8,10-11,16H,1-2,7,9H2,(H,19,20)(H,21,23)/t11-/m1/s1. The van der Waals surface area contributed by atoms with Crippen LogP contribution in [0.15, 0.2) is 36.8 Å². The third kappa shape index (κ3) is 4.01. The van der Waals surface area contributed by atoms with E-state index in [1.807, 2.05) is 0 Å². The average Bonchev–Trinajstić information content (AvgIpc) is 3.10. The number of hydrogen-bond acceptors (Lipinski definition) is 4. The lowest BCUT2D eigenvalue weighted by Crippen LogP contribution is -2.47. The van der Waals surface area contributed by atoms with Gasteiger partial charge in [-0.25, -0.2) is 4.98 Å². The van der Waals surface area contributed by atoms with Crippen LogP contribution in [0.2, 0.25) is 0 Å². The number of carbonyl (C=O) groups excluding carboxylic acids is 1. The summed E-state index contributed by atoms with van der Waals surface area (Å²) in [4.78, 5) is 20.8. The number of piperidine rings is 1. The van der Waals surface area contributed by atoms with E-state index in [0.29, 0.717) is 12.2 Å². The van der Waals surface area contributed by atoms with E-state index in [4.69, 9.17) is 0 Å². The van der Waals surface area contributed by atoms with E-state index in [1.54, 1.807) is 12.1 Å². The van der Waals surface area contributed by atoms with E-state index in [1.165, 1.54) is 24.7 Å². The van der Waals surface area contributed by atoms with Crippen LogP contribution in [0.3, 0.4) is 0 Å². The van der Waals surface area contributed by atoms with Gasteiger partial charge in [-0.3, -0.25) is 4.79 Å². The smallest absolute Gasteiger partial charge is 0.387 e. The number of anilines is 1. The van der Waals surface area contributed by atoms with Crippen LogP contribution in [0.4, 0.5) is 14.5 Å². The van der Waals surface area contributed by atoms with E-state index in [9.17, 15) is 13.6 Å². The first kappa shape index (κ1) is 16.2. The number of nitrogens with one attached hydrogen (secondary N) is 2. The molecule has 1 amide bonds. The second kappa shape index (κ2) is 7.29. The van der Waals surface area contributed by atoms with Gasteiger partial charge in [-0.15, -0.1) is 0 Å². The Morgan fingerprint density at radius 1 is 1.38 bits per heavy atom. The van der Waals surface area contributed by atoms with Crippen molar-refractivity contribution in [1.29, 1.82) is 0 Å². The predicted octanol–water partition coefficient (Wildman–Crippen LogP) is 2.41. The van der Waals surface area contributed by atoms with E-state index < -0.39 is 6.61 Å². The zero-order valence-electron chi connectivity index (χ0n) is 12.9. The van der Waals surface area contributed by atoms with Crippen molar-refractivity contribution in [2.75, 3.05) is 18.0 Å². The molecule has 1 atom stereocenters. The van der Waals surface area contributed by atoms with Crippen molar-refractivity contribution in [3.8, 4) is 5.75 Å². The van der Waals surface area contributed by atoms with Gasteiger partial charge in [0.25, 0.3) is 5.91 Å². The normalized spacial score (nSPS) is 17.8. The monoisotopic (exact) mass is 336 g/mol. The molecule has 3 rings (SSSR count). The Bertz CT molecular complexity index is 661. The second-order valence-corrected chi connectivity index (χ2v) is 5.60. The summed E-state index contributed by atoms with van der Waals surface area (Å²) in [6.45, 7) is -1.31. The number of H-pyrrole nitrogens is 1. The maximum Gasteiger partial charge on any atom is 0.387 e. The highest BCUT2D eigenvalue weighted by Gasteiger charge is 2.22. The Morgan fingerprint density at radius 2 is 2.17 bits per heavy atom.